The van der Waals surface area contributed by atoms with Gasteiger partial charge in [0, 0.05) is 6.42 Å². The molecule has 18 heavy (non-hydrogen) atoms. The quantitative estimate of drug-likeness (QED) is 0.843. The second kappa shape index (κ2) is 5.97. The first kappa shape index (κ1) is 14.7. The number of primary sulfonamides is 1. The lowest BCUT2D eigenvalue weighted by Crippen LogP contribution is -2.13. The van der Waals surface area contributed by atoms with Crippen molar-refractivity contribution in [2.45, 2.75) is 31.1 Å². The topological polar surface area (TPSA) is 86.5 Å². The van der Waals surface area contributed by atoms with Gasteiger partial charge in [0.15, 0.2) is 0 Å². The normalized spacial score (nSPS) is 11.3. The lowest BCUT2D eigenvalue weighted by molar-refractivity contribution is -0.117. The molecule has 0 aromatic heterocycles. The van der Waals surface area contributed by atoms with Gasteiger partial charge in [0.05, 0.1) is 7.11 Å². The smallest absolute Gasteiger partial charge is 0.241 e. The third-order valence-electron chi connectivity index (χ3n) is 2.53. The standard InChI is InChI=1S/C12H17NO4S/c1-9(14)4-3-5-10-6-7-11(17-2)12(8-10)18(13,15)16/h6-8H,3-5H2,1-2H3,(H2,13,15,16). The van der Waals surface area contributed by atoms with Gasteiger partial charge in [-0.1, -0.05) is 6.07 Å². The van der Waals surface area contributed by atoms with Gasteiger partial charge in [0.25, 0.3) is 0 Å². The third-order valence-corrected chi connectivity index (χ3v) is 3.46. The van der Waals surface area contributed by atoms with Gasteiger partial charge < -0.3 is 9.53 Å². The molecule has 1 aromatic rings. The van der Waals surface area contributed by atoms with Crippen molar-refractivity contribution in [2.75, 3.05) is 7.11 Å². The van der Waals surface area contributed by atoms with Crippen LogP contribution in [0, 0.1) is 0 Å². The maximum absolute atomic E-state index is 11.4. The lowest BCUT2D eigenvalue weighted by Gasteiger charge is -2.08. The van der Waals surface area contributed by atoms with Crippen molar-refractivity contribution in [1.82, 2.24) is 0 Å². The van der Waals surface area contributed by atoms with E-state index in [1.165, 1.54) is 20.1 Å². The summed E-state index contributed by atoms with van der Waals surface area (Å²) in [7, 11) is -2.41. The van der Waals surface area contributed by atoms with Crippen LogP contribution < -0.4 is 9.88 Å². The fourth-order valence-corrected chi connectivity index (χ4v) is 2.39. The van der Waals surface area contributed by atoms with E-state index in [1.807, 2.05) is 0 Å². The molecule has 1 aromatic carbocycles. The Hall–Kier alpha value is -1.40. The summed E-state index contributed by atoms with van der Waals surface area (Å²) in [5.41, 5.74) is 0.820. The minimum absolute atomic E-state index is 0.0228. The van der Waals surface area contributed by atoms with Gasteiger partial charge in [-0.25, -0.2) is 13.6 Å². The Morgan fingerprint density at radius 1 is 1.39 bits per heavy atom. The molecule has 0 bridgehead atoms. The molecule has 0 radical (unpaired) electrons. The zero-order valence-electron chi connectivity index (χ0n) is 10.5. The molecule has 0 saturated heterocycles. The summed E-state index contributed by atoms with van der Waals surface area (Å²) in [5, 5.41) is 5.12. The van der Waals surface area contributed by atoms with Crippen LogP contribution in [-0.4, -0.2) is 21.3 Å². The van der Waals surface area contributed by atoms with Crippen molar-refractivity contribution < 1.29 is 17.9 Å². The number of carbonyl (C=O) groups excluding carboxylic acids is 1. The maximum atomic E-state index is 11.4. The molecule has 0 unspecified atom stereocenters. The number of rotatable bonds is 6. The number of methoxy groups -OCH3 is 1. The summed E-state index contributed by atoms with van der Waals surface area (Å²) in [5.74, 6) is 0.350. The number of aryl methyl sites for hydroxylation is 1. The average Bonchev–Trinajstić information content (AvgIpc) is 2.27. The number of hydrogen-bond donors (Lipinski definition) is 1. The highest BCUT2D eigenvalue weighted by Gasteiger charge is 2.15. The number of hydrogen-bond acceptors (Lipinski definition) is 4. The van der Waals surface area contributed by atoms with Gasteiger partial charge in [-0.3, -0.25) is 0 Å². The van der Waals surface area contributed by atoms with Crippen LogP contribution in [0.2, 0.25) is 0 Å². The van der Waals surface area contributed by atoms with Crippen LogP contribution in [0.5, 0.6) is 5.75 Å². The first-order chi connectivity index (χ1) is 8.34. The van der Waals surface area contributed by atoms with Crippen LogP contribution in [0.1, 0.15) is 25.3 Å². The molecular weight excluding hydrogens is 254 g/mol. The van der Waals surface area contributed by atoms with E-state index in [0.717, 1.165) is 5.56 Å². The van der Waals surface area contributed by atoms with E-state index in [9.17, 15) is 13.2 Å². The van der Waals surface area contributed by atoms with Gasteiger partial charge in [-0.15, -0.1) is 0 Å². The molecule has 0 aliphatic rings. The first-order valence-corrected chi connectivity index (χ1v) is 7.08. The predicted molar refractivity (Wildman–Crippen MR) is 68.0 cm³/mol. The number of nitrogens with two attached hydrogens (primary N) is 1. The Balaban J connectivity index is 2.93. The van der Waals surface area contributed by atoms with Gasteiger partial charge in [0.2, 0.25) is 10.0 Å². The zero-order chi connectivity index (χ0) is 13.8. The molecule has 5 nitrogen and oxygen atoms in total. The molecule has 0 amide bonds. The SMILES string of the molecule is COc1ccc(CCCC(C)=O)cc1S(N)(=O)=O. The average molecular weight is 271 g/mol. The number of carbonyl (C=O) groups is 1. The molecule has 0 fully saturated rings. The van der Waals surface area contributed by atoms with Crippen LogP contribution in [-0.2, 0) is 21.2 Å². The molecule has 0 saturated carbocycles. The van der Waals surface area contributed by atoms with E-state index in [0.29, 0.717) is 19.3 Å². The Labute approximate surface area is 107 Å². The first-order valence-electron chi connectivity index (χ1n) is 5.53. The van der Waals surface area contributed by atoms with E-state index < -0.39 is 10.0 Å². The van der Waals surface area contributed by atoms with E-state index in [-0.39, 0.29) is 16.4 Å². The highest BCUT2D eigenvalue weighted by atomic mass is 32.2. The Kier molecular flexibility index (Phi) is 4.86. The van der Waals surface area contributed by atoms with E-state index in [2.05, 4.69) is 0 Å². The Bertz CT molecular complexity index is 537. The summed E-state index contributed by atoms with van der Waals surface area (Å²) >= 11 is 0. The van der Waals surface area contributed by atoms with Crippen LogP contribution in [0.25, 0.3) is 0 Å². The molecule has 0 spiro atoms. The third kappa shape index (κ3) is 4.12. The van der Waals surface area contributed by atoms with Gasteiger partial charge in [-0.05, 0) is 37.5 Å². The van der Waals surface area contributed by atoms with E-state index in [1.54, 1.807) is 12.1 Å². The molecule has 100 valence electrons. The molecule has 6 heteroatoms. The molecule has 2 N–H and O–H groups in total. The molecule has 1 rings (SSSR count). The molecule has 0 aliphatic heterocycles. The van der Waals surface area contributed by atoms with Crippen molar-refractivity contribution in [3.63, 3.8) is 0 Å². The van der Waals surface area contributed by atoms with Crippen LogP contribution >= 0.6 is 0 Å². The second-order valence-electron chi connectivity index (χ2n) is 4.09. The highest BCUT2D eigenvalue weighted by Crippen LogP contribution is 2.24. The lowest BCUT2D eigenvalue weighted by atomic mass is 10.1. The summed E-state index contributed by atoms with van der Waals surface area (Å²) in [4.78, 5) is 10.8. The fraction of sp³-hybridized carbons (Fsp3) is 0.417. The highest BCUT2D eigenvalue weighted by molar-refractivity contribution is 7.89. The van der Waals surface area contributed by atoms with E-state index >= 15 is 0 Å². The van der Waals surface area contributed by atoms with E-state index in [4.69, 9.17) is 9.88 Å². The van der Waals surface area contributed by atoms with Gasteiger partial charge in [0.1, 0.15) is 16.4 Å². The minimum Gasteiger partial charge on any atom is -0.495 e. The van der Waals surface area contributed by atoms with Crippen LogP contribution in [0.15, 0.2) is 23.1 Å². The second-order valence-corrected chi connectivity index (χ2v) is 5.62. The monoisotopic (exact) mass is 271 g/mol. The Morgan fingerprint density at radius 2 is 2.06 bits per heavy atom. The molecule has 0 heterocycles. The largest absolute Gasteiger partial charge is 0.495 e. The summed E-state index contributed by atoms with van der Waals surface area (Å²) in [6.45, 7) is 1.53. The number of ether oxygens (including phenoxy) is 1. The number of sulfonamides is 1. The number of benzene rings is 1. The number of Topliss-reactive ketones (excluding diaryl/α,β-unsaturated/α-hetero) is 1. The number of ketones is 1. The van der Waals surface area contributed by atoms with Crippen LogP contribution in [0.3, 0.4) is 0 Å². The Morgan fingerprint density at radius 3 is 2.56 bits per heavy atom. The maximum Gasteiger partial charge on any atom is 0.241 e. The molecule has 0 atom stereocenters. The van der Waals surface area contributed by atoms with Crippen molar-refractivity contribution in [3.05, 3.63) is 23.8 Å². The zero-order valence-corrected chi connectivity index (χ0v) is 11.3. The minimum atomic E-state index is -3.80. The fourth-order valence-electron chi connectivity index (χ4n) is 1.64. The summed E-state index contributed by atoms with van der Waals surface area (Å²) < 4.78 is 27.7. The molecule has 0 aliphatic carbocycles. The van der Waals surface area contributed by atoms with Crippen molar-refractivity contribution in [2.24, 2.45) is 5.14 Å². The van der Waals surface area contributed by atoms with Gasteiger partial charge >= 0.3 is 0 Å². The summed E-state index contributed by atoms with van der Waals surface area (Å²) in [6, 6.07) is 4.84. The predicted octanol–water partition coefficient (Wildman–Crippen LogP) is 1.25. The van der Waals surface area contributed by atoms with Crippen molar-refractivity contribution in [1.29, 1.82) is 0 Å². The van der Waals surface area contributed by atoms with Crippen molar-refractivity contribution in [3.8, 4) is 5.75 Å². The van der Waals surface area contributed by atoms with Gasteiger partial charge in [-0.2, -0.15) is 0 Å². The summed E-state index contributed by atoms with van der Waals surface area (Å²) in [6.07, 6.45) is 1.80. The van der Waals surface area contributed by atoms with Crippen molar-refractivity contribution >= 4 is 15.8 Å². The molecular formula is C12H17NO4S. The van der Waals surface area contributed by atoms with Crippen LogP contribution in [0.4, 0.5) is 0 Å².